The predicted octanol–water partition coefficient (Wildman–Crippen LogP) is 3.58. The first-order chi connectivity index (χ1) is 15.3. The Kier molecular flexibility index (Phi) is 6.15. The van der Waals surface area contributed by atoms with Gasteiger partial charge in [0.1, 0.15) is 22.3 Å². The van der Waals surface area contributed by atoms with Gasteiger partial charge >= 0.3 is 0 Å². The number of aliphatic hydroxyl groups is 1. The van der Waals surface area contributed by atoms with Crippen LogP contribution in [0.1, 0.15) is 38.4 Å². The average molecular weight is 458 g/mol. The molecule has 32 heavy (non-hydrogen) atoms. The first kappa shape index (κ1) is 21.8. The molecule has 1 amide bonds. The van der Waals surface area contributed by atoms with Gasteiger partial charge in [0.25, 0.3) is 5.91 Å². The maximum Gasteiger partial charge on any atom is 0.253 e. The van der Waals surface area contributed by atoms with E-state index in [0.717, 1.165) is 23.5 Å². The molecule has 4 N–H and O–H groups in total. The number of likely N-dealkylation sites (tertiary alicyclic amines) is 1. The summed E-state index contributed by atoms with van der Waals surface area (Å²) in [4.78, 5) is 30.9. The Morgan fingerprint density at radius 2 is 1.72 bits per heavy atom. The third-order valence-corrected chi connectivity index (χ3v) is 6.17. The van der Waals surface area contributed by atoms with Crippen LogP contribution in [0.3, 0.4) is 0 Å². The van der Waals surface area contributed by atoms with Crippen molar-refractivity contribution in [1.29, 1.82) is 0 Å². The number of nitrogens with one attached hydrogen (secondary N) is 1. The van der Waals surface area contributed by atoms with E-state index in [2.05, 4.69) is 10.3 Å². The number of hydrogen-bond acceptors (Lipinski definition) is 7. The molecule has 2 aromatic carbocycles. The predicted molar refractivity (Wildman–Crippen MR) is 117 cm³/mol. The van der Waals surface area contributed by atoms with Crippen LogP contribution in [0.25, 0.3) is 0 Å². The lowest BCUT2D eigenvalue weighted by Gasteiger charge is -2.29. The largest absolute Gasteiger partial charge is 0.393 e. The summed E-state index contributed by atoms with van der Waals surface area (Å²) in [6.07, 6.45) is 0.770. The van der Waals surface area contributed by atoms with E-state index in [-0.39, 0.29) is 27.8 Å². The van der Waals surface area contributed by atoms with Crippen molar-refractivity contribution in [3.63, 3.8) is 0 Å². The molecule has 166 valence electrons. The number of rotatable bonds is 5. The van der Waals surface area contributed by atoms with Gasteiger partial charge in [-0.15, -0.1) is 0 Å². The highest BCUT2D eigenvalue weighted by Gasteiger charge is 2.25. The molecular weight excluding hydrogens is 438 g/mol. The molecule has 10 heteroatoms. The summed E-state index contributed by atoms with van der Waals surface area (Å²) >= 11 is 0.879. The van der Waals surface area contributed by atoms with E-state index in [1.165, 1.54) is 6.07 Å². The third-order valence-electron chi connectivity index (χ3n) is 5.18. The lowest BCUT2D eigenvalue weighted by molar-refractivity contribution is 0.0546. The molecular formula is C22H20F2N4O3S. The van der Waals surface area contributed by atoms with E-state index < -0.39 is 23.0 Å². The zero-order valence-electron chi connectivity index (χ0n) is 16.8. The molecule has 0 spiro atoms. The molecule has 1 aliphatic rings. The van der Waals surface area contributed by atoms with E-state index in [1.54, 1.807) is 29.2 Å². The maximum absolute atomic E-state index is 14.0. The van der Waals surface area contributed by atoms with Gasteiger partial charge in [0.05, 0.1) is 11.7 Å². The number of anilines is 3. The van der Waals surface area contributed by atoms with Crippen molar-refractivity contribution >= 4 is 39.7 Å². The Hall–Kier alpha value is -3.37. The van der Waals surface area contributed by atoms with Crippen LogP contribution in [0.4, 0.5) is 25.4 Å². The molecule has 0 radical (unpaired) electrons. The van der Waals surface area contributed by atoms with E-state index in [1.807, 2.05) is 0 Å². The number of nitrogen functional groups attached to an aromatic ring is 1. The number of halogens is 2. The second kappa shape index (κ2) is 9.01. The minimum absolute atomic E-state index is 0.0735. The number of benzene rings is 2. The summed E-state index contributed by atoms with van der Waals surface area (Å²) in [5.41, 5.74) is 6.25. The zero-order valence-corrected chi connectivity index (χ0v) is 17.7. The Morgan fingerprint density at radius 1 is 1.09 bits per heavy atom. The van der Waals surface area contributed by atoms with Gasteiger partial charge in [-0.05, 0) is 49.2 Å². The lowest BCUT2D eigenvalue weighted by Crippen LogP contribution is -2.40. The van der Waals surface area contributed by atoms with Crippen LogP contribution in [0.2, 0.25) is 0 Å². The zero-order chi connectivity index (χ0) is 22.8. The van der Waals surface area contributed by atoms with Crippen molar-refractivity contribution in [3.8, 4) is 0 Å². The fourth-order valence-corrected chi connectivity index (χ4v) is 4.30. The highest BCUT2D eigenvalue weighted by Crippen LogP contribution is 2.31. The number of carbonyl (C=O) groups is 2. The van der Waals surface area contributed by atoms with Crippen molar-refractivity contribution in [2.24, 2.45) is 0 Å². The monoisotopic (exact) mass is 458 g/mol. The minimum Gasteiger partial charge on any atom is -0.393 e. The molecule has 7 nitrogen and oxygen atoms in total. The van der Waals surface area contributed by atoms with Crippen LogP contribution in [-0.4, -0.2) is 45.9 Å². The summed E-state index contributed by atoms with van der Waals surface area (Å²) in [5.74, 6) is -3.07. The fourth-order valence-electron chi connectivity index (χ4n) is 3.45. The van der Waals surface area contributed by atoms with Gasteiger partial charge in [0.15, 0.2) is 5.13 Å². The van der Waals surface area contributed by atoms with Crippen molar-refractivity contribution in [2.75, 3.05) is 24.1 Å². The standard InChI is InChI=1S/C22H20F2N4O3S/c23-15-2-1-3-16(24)17(15)18(30)19-20(25)27-22(32-19)26-13-6-4-12(5-7-13)21(31)28-10-8-14(29)9-11-28/h1-7,14,29H,8-11,25H2,(H,26,27). The molecule has 1 aromatic heterocycles. The normalized spacial score (nSPS) is 14.4. The summed E-state index contributed by atoms with van der Waals surface area (Å²) in [6.45, 7) is 1.02. The number of thiazole rings is 1. The number of amides is 1. The van der Waals surface area contributed by atoms with Crippen LogP contribution in [0.15, 0.2) is 42.5 Å². The number of nitrogens with zero attached hydrogens (tertiary/aromatic N) is 2. The highest BCUT2D eigenvalue weighted by atomic mass is 32.1. The number of aromatic nitrogens is 1. The number of hydrogen-bond donors (Lipinski definition) is 3. The Bertz CT molecular complexity index is 1140. The SMILES string of the molecule is Nc1nc(Nc2ccc(C(=O)N3CCC(O)CC3)cc2)sc1C(=O)c1c(F)cccc1F. The number of carbonyl (C=O) groups excluding carboxylic acids is 2. The van der Waals surface area contributed by atoms with Crippen molar-refractivity contribution in [3.05, 3.63) is 70.1 Å². The second-order valence-corrected chi connectivity index (χ2v) is 8.38. The molecule has 4 rings (SSSR count). The van der Waals surface area contributed by atoms with Crippen LogP contribution < -0.4 is 11.1 Å². The summed E-state index contributed by atoms with van der Waals surface area (Å²) < 4.78 is 27.9. The van der Waals surface area contributed by atoms with Crippen LogP contribution in [0.5, 0.6) is 0 Å². The van der Waals surface area contributed by atoms with E-state index >= 15 is 0 Å². The van der Waals surface area contributed by atoms with E-state index in [9.17, 15) is 23.5 Å². The molecule has 3 aromatic rings. The first-order valence-corrected chi connectivity index (χ1v) is 10.7. The highest BCUT2D eigenvalue weighted by molar-refractivity contribution is 7.18. The fraction of sp³-hybridized carbons (Fsp3) is 0.227. The maximum atomic E-state index is 14.0. The topological polar surface area (TPSA) is 109 Å². The van der Waals surface area contributed by atoms with Gasteiger partial charge in [-0.3, -0.25) is 9.59 Å². The Labute approximate surface area is 186 Å². The Balaban J connectivity index is 1.47. The quantitative estimate of drug-likeness (QED) is 0.505. The van der Waals surface area contributed by atoms with Crippen LogP contribution in [0, 0.1) is 11.6 Å². The van der Waals surface area contributed by atoms with Gasteiger partial charge in [0.2, 0.25) is 5.78 Å². The molecule has 2 heterocycles. The third kappa shape index (κ3) is 4.46. The number of nitrogens with two attached hydrogens (primary N) is 1. The number of aliphatic hydroxyl groups excluding tert-OH is 1. The molecule has 0 aliphatic carbocycles. The number of piperidine rings is 1. The minimum atomic E-state index is -0.972. The first-order valence-electron chi connectivity index (χ1n) is 9.93. The van der Waals surface area contributed by atoms with Crippen molar-refractivity contribution in [2.45, 2.75) is 18.9 Å². The summed E-state index contributed by atoms with van der Waals surface area (Å²) in [5, 5.41) is 12.8. The van der Waals surface area contributed by atoms with E-state index in [0.29, 0.717) is 37.2 Å². The van der Waals surface area contributed by atoms with Crippen molar-refractivity contribution < 1.29 is 23.5 Å². The van der Waals surface area contributed by atoms with Gasteiger partial charge in [0, 0.05) is 24.3 Å². The van der Waals surface area contributed by atoms with Gasteiger partial charge in [-0.25, -0.2) is 13.8 Å². The van der Waals surface area contributed by atoms with Crippen LogP contribution >= 0.6 is 11.3 Å². The summed E-state index contributed by atoms with van der Waals surface area (Å²) in [6, 6.07) is 9.86. The molecule has 0 atom stereocenters. The van der Waals surface area contributed by atoms with Crippen molar-refractivity contribution in [1.82, 2.24) is 9.88 Å². The molecule has 0 bridgehead atoms. The van der Waals surface area contributed by atoms with Crippen LogP contribution in [-0.2, 0) is 0 Å². The average Bonchev–Trinajstić information content (AvgIpc) is 3.14. The molecule has 1 saturated heterocycles. The molecule has 0 saturated carbocycles. The molecule has 0 unspecified atom stereocenters. The van der Waals surface area contributed by atoms with E-state index in [4.69, 9.17) is 5.73 Å². The molecule has 1 aliphatic heterocycles. The second-order valence-electron chi connectivity index (χ2n) is 7.38. The Morgan fingerprint density at radius 3 is 2.34 bits per heavy atom. The van der Waals surface area contributed by atoms with Gasteiger partial charge in [-0.1, -0.05) is 17.4 Å². The van der Waals surface area contributed by atoms with Gasteiger partial charge < -0.3 is 21.1 Å². The smallest absolute Gasteiger partial charge is 0.253 e. The number of ketones is 1. The summed E-state index contributed by atoms with van der Waals surface area (Å²) in [7, 11) is 0. The molecule has 1 fully saturated rings. The van der Waals surface area contributed by atoms with Gasteiger partial charge in [-0.2, -0.15) is 0 Å². The lowest BCUT2D eigenvalue weighted by atomic mass is 10.1.